The van der Waals surface area contributed by atoms with Crippen molar-refractivity contribution in [2.24, 2.45) is 0 Å². The van der Waals surface area contributed by atoms with E-state index in [4.69, 9.17) is 0 Å². The van der Waals surface area contributed by atoms with Gasteiger partial charge in [-0.2, -0.15) is 13.2 Å². The Morgan fingerprint density at radius 1 is 0.964 bits per heavy atom. The Kier molecular flexibility index (Phi) is 5.49. The SMILES string of the molecule is C[C@@H](NC(=O)CC(=O)c1cccc(C(F)(F)F)c1)c1cccc2ccccc12. The first-order chi connectivity index (χ1) is 13.3. The van der Waals surface area contributed by atoms with E-state index in [-0.39, 0.29) is 11.6 Å². The number of ketones is 1. The molecular formula is C22H18F3NO2. The molecule has 0 saturated heterocycles. The van der Waals surface area contributed by atoms with Crippen LogP contribution in [0.15, 0.2) is 66.7 Å². The van der Waals surface area contributed by atoms with E-state index in [1.165, 1.54) is 6.07 Å². The van der Waals surface area contributed by atoms with Crippen molar-refractivity contribution >= 4 is 22.5 Å². The third-order valence-corrected chi connectivity index (χ3v) is 4.50. The summed E-state index contributed by atoms with van der Waals surface area (Å²) >= 11 is 0. The lowest BCUT2D eigenvalue weighted by atomic mass is 9.99. The third-order valence-electron chi connectivity index (χ3n) is 4.50. The number of rotatable bonds is 5. The molecule has 0 aromatic heterocycles. The van der Waals surface area contributed by atoms with Gasteiger partial charge < -0.3 is 5.32 Å². The maximum atomic E-state index is 12.8. The van der Waals surface area contributed by atoms with Gasteiger partial charge in [0.25, 0.3) is 0 Å². The number of halogens is 3. The van der Waals surface area contributed by atoms with Crippen LogP contribution >= 0.6 is 0 Å². The van der Waals surface area contributed by atoms with E-state index in [9.17, 15) is 22.8 Å². The highest BCUT2D eigenvalue weighted by Crippen LogP contribution is 2.30. The van der Waals surface area contributed by atoms with E-state index in [0.717, 1.165) is 34.5 Å². The summed E-state index contributed by atoms with van der Waals surface area (Å²) in [6.07, 6.45) is -5.06. The summed E-state index contributed by atoms with van der Waals surface area (Å²) in [5, 5.41) is 4.77. The Hall–Kier alpha value is -3.15. The average molecular weight is 385 g/mol. The minimum Gasteiger partial charge on any atom is -0.349 e. The van der Waals surface area contributed by atoms with Gasteiger partial charge in [-0.15, -0.1) is 0 Å². The van der Waals surface area contributed by atoms with Gasteiger partial charge in [-0.25, -0.2) is 0 Å². The molecule has 3 nitrogen and oxygen atoms in total. The van der Waals surface area contributed by atoms with Crippen LogP contribution in [-0.4, -0.2) is 11.7 Å². The van der Waals surface area contributed by atoms with E-state index < -0.39 is 29.9 Å². The summed E-state index contributed by atoms with van der Waals surface area (Å²) in [6.45, 7) is 1.80. The zero-order valence-electron chi connectivity index (χ0n) is 15.1. The molecule has 144 valence electrons. The number of hydrogen-bond donors (Lipinski definition) is 1. The lowest BCUT2D eigenvalue weighted by molar-refractivity contribution is -0.137. The summed E-state index contributed by atoms with van der Waals surface area (Å²) in [7, 11) is 0. The van der Waals surface area contributed by atoms with Gasteiger partial charge in [0.2, 0.25) is 5.91 Å². The largest absolute Gasteiger partial charge is 0.416 e. The van der Waals surface area contributed by atoms with Gasteiger partial charge in [-0.1, -0.05) is 54.6 Å². The summed E-state index contributed by atoms with van der Waals surface area (Å²) < 4.78 is 38.4. The van der Waals surface area contributed by atoms with Crippen molar-refractivity contribution in [2.45, 2.75) is 25.6 Å². The molecule has 0 fully saturated rings. The second-order valence-corrected chi connectivity index (χ2v) is 6.54. The average Bonchev–Trinajstić information content (AvgIpc) is 2.66. The monoisotopic (exact) mass is 385 g/mol. The third kappa shape index (κ3) is 4.39. The van der Waals surface area contributed by atoms with Crippen LogP contribution in [0.4, 0.5) is 13.2 Å². The molecule has 3 rings (SSSR count). The highest BCUT2D eigenvalue weighted by molar-refractivity contribution is 6.07. The Bertz CT molecular complexity index is 1020. The van der Waals surface area contributed by atoms with Crippen molar-refractivity contribution in [3.8, 4) is 0 Å². The van der Waals surface area contributed by atoms with Gasteiger partial charge in [0, 0.05) is 5.56 Å². The number of fused-ring (bicyclic) bond motifs is 1. The molecule has 3 aromatic rings. The van der Waals surface area contributed by atoms with Crippen molar-refractivity contribution in [1.82, 2.24) is 5.32 Å². The molecule has 0 unspecified atom stereocenters. The van der Waals surface area contributed by atoms with Crippen LogP contribution in [0.5, 0.6) is 0 Å². The van der Waals surface area contributed by atoms with Crippen LogP contribution in [-0.2, 0) is 11.0 Å². The first-order valence-corrected chi connectivity index (χ1v) is 8.73. The molecule has 3 aromatic carbocycles. The lowest BCUT2D eigenvalue weighted by Crippen LogP contribution is -2.28. The van der Waals surface area contributed by atoms with Crippen molar-refractivity contribution in [1.29, 1.82) is 0 Å². The zero-order valence-corrected chi connectivity index (χ0v) is 15.1. The van der Waals surface area contributed by atoms with Crippen molar-refractivity contribution in [2.75, 3.05) is 0 Å². The maximum Gasteiger partial charge on any atom is 0.416 e. The fourth-order valence-electron chi connectivity index (χ4n) is 3.12. The standard InChI is InChI=1S/C22H18F3NO2/c1-14(18-11-5-7-15-6-2-3-10-19(15)18)26-21(28)13-20(27)16-8-4-9-17(12-16)22(23,24)25/h2-12,14H,13H2,1H3,(H,26,28)/t14-/m1/s1. The second kappa shape index (κ2) is 7.84. The molecule has 0 radical (unpaired) electrons. The molecule has 0 heterocycles. The minimum absolute atomic E-state index is 0.136. The number of nitrogens with one attached hydrogen (secondary N) is 1. The summed E-state index contributed by atoms with van der Waals surface area (Å²) in [5.74, 6) is -1.20. The van der Waals surface area contributed by atoms with Gasteiger partial charge >= 0.3 is 6.18 Å². The molecule has 6 heteroatoms. The first kappa shape index (κ1) is 19.6. The number of alkyl halides is 3. The number of carbonyl (C=O) groups excluding carboxylic acids is 2. The molecular weight excluding hydrogens is 367 g/mol. The van der Waals surface area contributed by atoms with Crippen LogP contribution < -0.4 is 5.32 Å². The van der Waals surface area contributed by atoms with E-state index in [1.807, 2.05) is 42.5 Å². The fraction of sp³-hybridized carbons (Fsp3) is 0.182. The lowest BCUT2D eigenvalue weighted by Gasteiger charge is -2.16. The van der Waals surface area contributed by atoms with Gasteiger partial charge in [-0.05, 0) is 35.4 Å². The molecule has 1 amide bonds. The molecule has 0 saturated carbocycles. The molecule has 28 heavy (non-hydrogen) atoms. The van der Waals surface area contributed by atoms with E-state index in [2.05, 4.69) is 5.32 Å². The molecule has 0 aliphatic rings. The molecule has 1 N–H and O–H groups in total. The van der Waals surface area contributed by atoms with Gasteiger partial charge in [0.1, 0.15) is 0 Å². The van der Waals surface area contributed by atoms with Crippen LogP contribution in [0, 0.1) is 0 Å². The van der Waals surface area contributed by atoms with Crippen molar-refractivity contribution in [3.05, 3.63) is 83.4 Å². The highest BCUT2D eigenvalue weighted by Gasteiger charge is 2.31. The van der Waals surface area contributed by atoms with Crippen LogP contribution in [0.1, 0.15) is 40.9 Å². The Labute approximate surface area is 160 Å². The van der Waals surface area contributed by atoms with Gasteiger partial charge in [0.15, 0.2) is 5.78 Å². The maximum absolute atomic E-state index is 12.8. The van der Waals surface area contributed by atoms with E-state index >= 15 is 0 Å². The smallest absolute Gasteiger partial charge is 0.349 e. The van der Waals surface area contributed by atoms with Crippen LogP contribution in [0.2, 0.25) is 0 Å². The first-order valence-electron chi connectivity index (χ1n) is 8.73. The summed E-state index contributed by atoms with van der Waals surface area (Å²) in [6, 6.07) is 17.2. The number of carbonyl (C=O) groups is 2. The van der Waals surface area contributed by atoms with Gasteiger partial charge in [-0.3, -0.25) is 9.59 Å². The van der Waals surface area contributed by atoms with Crippen molar-refractivity contribution < 1.29 is 22.8 Å². The predicted octanol–water partition coefficient (Wildman–Crippen LogP) is 5.31. The topological polar surface area (TPSA) is 46.2 Å². The highest BCUT2D eigenvalue weighted by atomic mass is 19.4. The number of benzene rings is 3. The molecule has 1 atom stereocenters. The van der Waals surface area contributed by atoms with E-state index in [1.54, 1.807) is 6.92 Å². The molecule has 0 aliphatic carbocycles. The quantitative estimate of drug-likeness (QED) is 0.478. The Morgan fingerprint density at radius 2 is 1.64 bits per heavy atom. The minimum atomic E-state index is -4.54. The number of hydrogen-bond acceptors (Lipinski definition) is 2. The zero-order chi connectivity index (χ0) is 20.3. The molecule has 0 aliphatic heterocycles. The van der Waals surface area contributed by atoms with Crippen LogP contribution in [0.25, 0.3) is 10.8 Å². The Balaban J connectivity index is 1.71. The van der Waals surface area contributed by atoms with Gasteiger partial charge in [0.05, 0.1) is 18.0 Å². The molecule has 0 bridgehead atoms. The predicted molar refractivity (Wildman–Crippen MR) is 101 cm³/mol. The van der Waals surface area contributed by atoms with Crippen LogP contribution in [0.3, 0.4) is 0 Å². The molecule has 0 spiro atoms. The summed E-state index contributed by atoms with van der Waals surface area (Å²) in [5.41, 5.74) is -0.149. The number of Topliss-reactive ketones (excluding diaryl/α,β-unsaturated/α-hetero) is 1. The van der Waals surface area contributed by atoms with Crippen molar-refractivity contribution in [3.63, 3.8) is 0 Å². The Morgan fingerprint density at radius 3 is 2.39 bits per heavy atom. The van der Waals surface area contributed by atoms with E-state index in [0.29, 0.717) is 0 Å². The number of amides is 1. The summed E-state index contributed by atoms with van der Waals surface area (Å²) in [4.78, 5) is 24.5. The fourth-order valence-corrected chi connectivity index (χ4v) is 3.12. The normalized spacial score (nSPS) is 12.6. The second-order valence-electron chi connectivity index (χ2n) is 6.54.